The maximum Gasteiger partial charge on any atom is 0.338 e. The van der Waals surface area contributed by atoms with Gasteiger partial charge in [-0.25, -0.2) is 4.79 Å². The van der Waals surface area contributed by atoms with Crippen LogP contribution >= 0.6 is 0 Å². The van der Waals surface area contributed by atoms with Crippen molar-refractivity contribution in [1.29, 1.82) is 0 Å². The molecule has 0 aliphatic carbocycles. The molecule has 0 aliphatic heterocycles. The number of hydrogen-bond donors (Lipinski definition) is 0. The van der Waals surface area contributed by atoms with Crippen LogP contribution in [0.1, 0.15) is 41.8 Å². The quantitative estimate of drug-likeness (QED) is 0.667. The fraction of sp³-hybridized carbons (Fsp3) is 0.350. The van der Waals surface area contributed by atoms with E-state index in [-0.39, 0.29) is 5.97 Å². The Morgan fingerprint density at radius 3 is 2.38 bits per heavy atom. The zero-order chi connectivity index (χ0) is 17.4. The van der Waals surface area contributed by atoms with E-state index in [2.05, 4.69) is 12.1 Å². The van der Waals surface area contributed by atoms with E-state index in [1.165, 1.54) is 5.56 Å². The van der Waals surface area contributed by atoms with Crippen LogP contribution < -0.4 is 9.47 Å². The lowest BCUT2D eigenvalue weighted by Crippen LogP contribution is -2.07. The van der Waals surface area contributed by atoms with E-state index in [0.29, 0.717) is 36.9 Å². The number of hydrogen-bond acceptors (Lipinski definition) is 4. The van der Waals surface area contributed by atoms with E-state index in [0.717, 1.165) is 12.0 Å². The van der Waals surface area contributed by atoms with Crippen LogP contribution in [-0.2, 0) is 11.3 Å². The number of benzene rings is 2. The molecule has 4 heteroatoms. The van der Waals surface area contributed by atoms with Crippen LogP contribution in [-0.4, -0.2) is 19.2 Å². The highest BCUT2D eigenvalue weighted by Gasteiger charge is 2.12. The van der Waals surface area contributed by atoms with Gasteiger partial charge in [-0.1, -0.05) is 36.8 Å². The zero-order valence-electron chi connectivity index (χ0n) is 14.5. The fourth-order valence-corrected chi connectivity index (χ4v) is 2.15. The molecule has 0 aliphatic rings. The molecule has 0 amide bonds. The zero-order valence-corrected chi connectivity index (χ0v) is 14.5. The first kappa shape index (κ1) is 17.9. The summed E-state index contributed by atoms with van der Waals surface area (Å²) in [6.07, 6.45) is 0.793. The average Bonchev–Trinajstić information content (AvgIpc) is 2.60. The Hall–Kier alpha value is -2.49. The molecule has 0 bridgehead atoms. The van der Waals surface area contributed by atoms with Gasteiger partial charge in [0.15, 0.2) is 11.5 Å². The number of aryl methyl sites for hydroxylation is 1. The van der Waals surface area contributed by atoms with E-state index in [9.17, 15) is 4.79 Å². The Kier molecular flexibility index (Phi) is 6.67. The maximum atomic E-state index is 12.0. The smallest absolute Gasteiger partial charge is 0.338 e. The second-order valence-corrected chi connectivity index (χ2v) is 5.50. The van der Waals surface area contributed by atoms with Crippen LogP contribution in [0.15, 0.2) is 42.5 Å². The Bertz CT molecular complexity index is 662. The molecule has 0 fully saturated rings. The van der Waals surface area contributed by atoms with Crippen molar-refractivity contribution in [2.24, 2.45) is 0 Å². The van der Waals surface area contributed by atoms with Crippen molar-refractivity contribution in [3.63, 3.8) is 0 Å². The number of esters is 1. The van der Waals surface area contributed by atoms with Gasteiger partial charge in [0.2, 0.25) is 0 Å². The van der Waals surface area contributed by atoms with Crippen molar-refractivity contribution in [1.82, 2.24) is 0 Å². The summed E-state index contributed by atoms with van der Waals surface area (Å²) in [5.41, 5.74) is 2.76. The van der Waals surface area contributed by atoms with Gasteiger partial charge in [-0.3, -0.25) is 0 Å². The minimum absolute atomic E-state index is 0.345. The van der Waals surface area contributed by atoms with Gasteiger partial charge in [0, 0.05) is 0 Å². The molecule has 2 rings (SSSR count). The van der Waals surface area contributed by atoms with Crippen molar-refractivity contribution < 1.29 is 19.0 Å². The summed E-state index contributed by atoms with van der Waals surface area (Å²) in [4.78, 5) is 12.0. The standard InChI is InChI=1S/C20H24O4/c1-4-12-23-20(21)17-10-11-18(19(13-17)22-5-2)24-14-16-8-6-15(3)7-9-16/h6-11,13H,4-5,12,14H2,1-3H3. The number of rotatable bonds is 8. The lowest BCUT2D eigenvalue weighted by molar-refractivity contribution is 0.0504. The van der Waals surface area contributed by atoms with E-state index in [4.69, 9.17) is 14.2 Å². The Labute approximate surface area is 143 Å². The van der Waals surface area contributed by atoms with Crippen LogP contribution in [0.5, 0.6) is 11.5 Å². The van der Waals surface area contributed by atoms with E-state index < -0.39 is 0 Å². The summed E-state index contributed by atoms with van der Waals surface area (Å²) >= 11 is 0. The highest BCUT2D eigenvalue weighted by Crippen LogP contribution is 2.29. The van der Waals surface area contributed by atoms with Gasteiger partial charge < -0.3 is 14.2 Å². The molecular weight excluding hydrogens is 304 g/mol. The number of ether oxygens (including phenoxy) is 3. The predicted octanol–water partition coefficient (Wildman–Crippen LogP) is 4.54. The number of carbonyl (C=O) groups excluding carboxylic acids is 1. The first-order valence-electron chi connectivity index (χ1n) is 8.26. The van der Waals surface area contributed by atoms with Crippen molar-refractivity contribution in [2.75, 3.05) is 13.2 Å². The second kappa shape index (κ2) is 8.96. The highest BCUT2D eigenvalue weighted by molar-refractivity contribution is 5.90. The molecular formula is C20H24O4. The Balaban J connectivity index is 2.10. The third-order valence-corrected chi connectivity index (χ3v) is 3.43. The normalized spacial score (nSPS) is 10.3. The summed E-state index contributed by atoms with van der Waals surface area (Å²) in [5.74, 6) is 0.822. The maximum absolute atomic E-state index is 12.0. The summed E-state index contributed by atoms with van der Waals surface area (Å²) in [6.45, 7) is 7.25. The van der Waals surface area contributed by atoms with Gasteiger partial charge in [-0.05, 0) is 44.0 Å². The average molecular weight is 328 g/mol. The molecule has 0 N–H and O–H groups in total. The van der Waals surface area contributed by atoms with Crippen LogP contribution in [0.25, 0.3) is 0 Å². The number of carbonyl (C=O) groups is 1. The summed E-state index contributed by atoms with van der Waals surface area (Å²) in [5, 5.41) is 0. The third-order valence-electron chi connectivity index (χ3n) is 3.43. The fourth-order valence-electron chi connectivity index (χ4n) is 2.15. The van der Waals surface area contributed by atoms with Gasteiger partial charge in [0.1, 0.15) is 6.61 Å². The lowest BCUT2D eigenvalue weighted by atomic mass is 10.1. The first-order valence-corrected chi connectivity index (χ1v) is 8.26. The molecule has 0 heterocycles. The molecule has 2 aromatic rings. The van der Waals surface area contributed by atoms with Crippen molar-refractivity contribution in [3.8, 4) is 11.5 Å². The minimum atomic E-state index is -0.345. The summed E-state index contributed by atoms with van der Waals surface area (Å²) < 4.78 is 16.6. The molecule has 0 radical (unpaired) electrons. The topological polar surface area (TPSA) is 44.8 Å². The third kappa shape index (κ3) is 5.01. The SMILES string of the molecule is CCCOC(=O)c1ccc(OCc2ccc(C)cc2)c(OCC)c1. The van der Waals surface area contributed by atoms with Gasteiger partial charge >= 0.3 is 5.97 Å². The summed E-state index contributed by atoms with van der Waals surface area (Å²) in [6, 6.07) is 13.3. The Morgan fingerprint density at radius 1 is 0.958 bits per heavy atom. The largest absolute Gasteiger partial charge is 0.490 e. The first-order chi connectivity index (χ1) is 11.6. The monoisotopic (exact) mass is 328 g/mol. The highest BCUT2D eigenvalue weighted by atomic mass is 16.5. The van der Waals surface area contributed by atoms with Crippen LogP contribution in [0.2, 0.25) is 0 Å². The van der Waals surface area contributed by atoms with Gasteiger partial charge in [0.25, 0.3) is 0 Å². The van der Waals surface area contributed by atoms with Crippen LogP contribution in [0.3, 0.4) is 0 Å². The van der Waals surface area contributed by atoms with E-state index in [1.54, 1.807) is 18.2 Å². The van der Waals surface area contributed by atoms with E-state index in [1.807, 2.05) is 32.9 Å². The van der Waals surface area contributed by atoms with Crippen LogP contribution in [0, 0.1) is 6.92 Å². The van der Waals surface area contributed by atoms with Crippen molar-refractivity contribution in [2.45, 2.75) is 33.8 Å². The van der Waals surface area contributed by atoms with Crippen LogP contribution in [0.4, 0.5) is 0 Å². The van der Waals surface area contributed by atoms with Crippen molar-refractivity contribution >= 4 is 5.97 Å². The van der Waals surface area contributed by atoms with E-state index >= 15 is 0 Å². The molecule has 0 saturated heterocycles. The predicted molar refractivity (Wildman–Crippen MR) is 93.7 cm³/mol. The molecule has 0 saturated carbocycles. The van der Waals surface area contributed by atoms with Crippen molar-refractivity contribution in [3.05, 3.63) is 59.2 Å². The lowest BCUT2D eigenvalue weighted by Gasteiger charge is -2.13. The van der Waals surface area contributed by atoms with Gasteiger partial charge in [-0.2, -0.15) is 0 Å². The molecule has 24 heavy (non-hydrogen) atoms. The van der Waals surface area contributed by atoms with Gasteiger partial charge in [0.05, 0.1) is 18.8 Å². The minimum Gasteiger partial charge on any atom is -0.490 e. The molecule has 0 atom stereocenters. The molecule has 2 aromatic carbocycles. The van der Waals surface area contributed by atoms with Gasteiger partial charge in [-0.15, -0.1) is 0 Å². The molecule has 128 valence electrons. The Morgan fingerprint density at radius 2 is 1.71 bits per heavy atom. The summed E-state index contributed by atoms with van der Waals surface area (Å²) in [7, 11) is 0. The molecule has 4 nitrogen and oxygen atoms in total. The molecule has 0 spiro atoms. The second-order valence-electron chi connectivity index (χ2n) is 5.50. The molecule has 0 unspecified atom stereocenters. The molecule has 0 aromatic heterocycles.